The summed E-state index contributed by atoms with van der Waals surface area (Å²) in [5.74, 6) is 0. The van der Waals surface area contributed by atoms with Crippen LogP contribution in [0.5, 0.6) is 0 Å². The number of para-hydroxylation sites is 2. The molecule has 0 aliphatic rings. The highest BCUT2D eigenvalue weighted by molar-refractivity contribution is 6.11. The summed E-state index contributed by atoms with van der Waals surface area (Å²) in [4.78, 5) is 0. The zero-order valence-corrected chi connectivity index (χ0v) is 35.3. The summed E-state index contributed by atoms with van der Waals surface area (Å²) in [5, 5.41) is 25.9. The molecule has 298 valence electrons. The van der Waals surface area contributed by atoms with Crippen LogP contribution in [0.25, 0.3) is 88.4 Å². The van der Waals surface area contributed by atoms with Crippen molar-refractivity contribution in [2.45, 2.75) is 20.8 Å². The Bertz CT molecular complexity index is 3400. The van der Waals surface area contributed by atoms with Gasteiger partial charge in [0.2, 0.25) is 0 Å². The molecule has 0 atom stereocenters. The first kappa shape index (κ1) is 38.7. The minimum absolute atomic E-state index is 0.507. The van der Waals surface area contributed by atoms with Gasteiger partial charge in [0.05, 0.1) is 45.3 Å². The summed E-state index contributed by atoms with van der Waals surface area (Å²) >= 11 is 0. The molecule has 2 aromatic heterocycles. The molecule has 2 heterocycles. The Hall–Kier alpha value is -8.44. The van der Waals surface area contributed by atoms with E-state index in [1.54, 1.807) is 0 Å². The second-order valence-corrected chi connectivity index (χ2v) is 16.1. The maximum atomic E-state index is 10.6. The Kier molecular flexibility index (Phi) is 9.96. The van der Waals surface area contributed by atoms with Crippen LogP contribution in [0.3, 0.4) is 0 Å². The molecular formula is C59H42N4. The SMILES string of the molecule is Cc1ccccc1.Cc1ccccc1-c1ccc2c3ccccc3n(-c3ccc(-c4ccc(-n5c6ccccc6c6ccc(-c7ccccc7C)cc65)cc4C#N)c(C#N)c3)c2c1. The van der Waals surface area contributed by atoms with Crippen LogP contribution in [0.15, 0.2) is 200 Å². The Morgan fingerprint density at radius 3 is 1.14 bits per heavy atom. The zero-order valence-electron chi connectivity index (χ0n) is 35.3. The maximum absolute atomic E-state index is 10.6. The van der Waals surface area contributed by atoms with Crippen LogP contribution in [0.1, 0.15) is 27.8 Å². The van der Waals surface area contributed by atoms with Gasteiger partial charge >= 0.3 is 0 Å². The van der Waals surface area contributed by atoms with Crippen molar-refractivity contribution in [3.05, 3.63) is 228 Å². The van der Waals surface area contributed by atoms with Crippen molar-refractivity contribution >= 4 is 43.6 Å². The largest absolute Gasteiger partial charge is 0.309 e. The third-order valence-corrected chi connectivity index (χ3v) is 12.3. The first-order chi connectivity index (χ1) is 30.9. The monoisotopic (exact) mass is 806 g/mol. The maximum Gasteiger partial charge on any atom is 0.0998 e. The van der Waals surface area contributed by atoms with Gasteiger partial charge in [-0.1, -0.05) is 157 Å². The second kappa shape index (κ2) is 16.2. The lowest BCUT2D eigenvalue weighted by Gasteiger charge is -2.14. The van der Waals surface area contributed by atoms with Crippen molar-refractivity contribution in [3.63, 3.8) is 0 Å². The van der Waals surface area contributed by atoms with E-state index in [1.165, 1.54) is 27.8 Å². The highest BCUT2D eigenvalue weighted by Crippen LogP contribution is 2.39. The second-order valence-electron chi connectivity index (χ2n) is 16.1. The predicted molar refractivity (Wildman–Crippen MR) is 262 cm³/mol. The summed E-state index contributed by atoms with van der Waals surface area (Å²) in [7, 11) is 0. The highest BCUT2D eigenvalue weighted by atomic mass is 15.0. The lowest BCUT2D eigenvalue weighted by molar-refractivity contribution is 1.17. The van der Waals surface area contributed by atoms with Crippen molar-refractivity contribution in [1.29, 1.82) is 10.5 Å². The van der Waals surface area contributed by atoms with E-state index in [9.17, 15) is 10.5 Å². The van der Waals surface area contributed by atoms with Crippen LogP contribution >= 0.6 is 0 Å². The van der Waals surface area contributed by atoms with Gasteiger partial charge in [-0.15, -0.1) is 0 Å². The Morgan fingerprint density at radius 1 is 0.333 bits per heavy atom. The number of hydrogen-bond donors (Lipinski definition) is 0. The molecule has 4 nitrogen and oxygen atoms in total. The number of aromatic nitrogens is 2. The normalized spacial score (nSPS) is 11.1. The van der Waals surface area contributed by atoms with E-state index in [-0.39, 0.29) is 0 Å². The van der Waals surface area contributed by atoms with Gasteiger partial charge in [-0.05, 0) is 103 Å². The van der Waals surface area contributed by atoms with Gasteiger partial charge in [-0.3, -0.25) is 0 Å². The van der Waals surface area contributed by atoms with Crippen molar-refractivity contribution in [1.82, 2.24) is 9.13 Å². The van der Waals surface area contributed by atoms with Crippen LogP contribution in [0, 0.1) is 43.4 Å². The smallest absolute Gasteiger partial charge is 0.0998 e. The molecule has 11 rings (SSSR count). The fraction of sp³-hybridized carbons (Fsp3) is 0.0508. The molecule has 0 saturated carbocycles. The summed E-state index contributed by atoms with van der Waals surface area (Å²) in [6, 6.07) is 74.3. The number of hydrogen-bond acceptors (Lipinski definition) is 2. The van der Waals surface area contributed by atoms with E-state index in [0.717, 1.165) is 77.2 Å². The third kappa shape index (κ3) is 6.91. The molecule has 0 fully saturated rings. The molecule has 0 aliphatic carbocycles. The predicted octanol–water partition coefficient (Wildman–Crippen LogP) is 15.2. The Labute approximate surface area is 367 Å². The molecule has 0 unspecified atom stereocenters. The molecule has 0 aliphatic heterocycles. The zero-order chi connectivity index (χ0) is 43.0. The van der Waals surface area contributed by atoms with Gasteiger partial charge in [0.15, 0.2) is 0 Å². The van der Waals surface area contributed by atoms with E-state index >= 15 is 0 Å². The Balaban J connectivity index is 0.000000616. The topological polar surface area (TPSA) is 57.4 Å². The van der Waals surface area contributed by atoms with Crippen LogP contribution in [0.4, 0.5) is 0 Å². The van der Waals surface area contributed by atoms with Crippen LogP contribution in [-0.2, 0) is 0 Å². The molecule has 9 aromatic carbocycles. The summed E-state index contributed by atoms with van der Waals surface area (Å²) in [6.07, 6.45) is 0. The van der Waals surface area contributed by atoms with Crippen molar-refractivity contribution < 1.29 is 0 Å². The van der Waals surface area contributed by atoms with E-state index in [2.05, 4.69) is 200 Å². The van der Waals surface area contributed by atoms with Crippen molar-refractivity contribution in [2.24, 2.45) is 0 Å². The quantitative estimate of drug-likeness (QED) is 0.174. The van der Waals surface area contributed by atoms with E-state index in [4.69, 9.17) is 0 Å². The fourth-order valence-electron chi connectivity index (χ4n) is 9.16. The number of aryl methyl sites for hydroxylation is 3. The first-order valence-corrected chi connectivity index (χ1v) is 21.2. The number of nitriles is 2. The number of fused-ring (bicyclic) bond motifs is 6. The molecule has 0 spiro atoms. The molecular weight excluding hydrogens is 765 g/mol. The fourth-order valence-corrected chi connectivity index (χ4v) is 9.16. The van der Waals surface area contributed by atoms with Crippen LogP contribution in [0.2, 0.25) is 0 Å². The molecule has 63 heavy (non-hydrogen) atoms. The standard InChI is InChI=1S/C52H34N4.C7H8/c1-33-11-3-5-13-41(33)35-19-23-47-45-15-7-9-17-49(45)55(51(47)29-35)39-21-25-43(37(27-39)31-53)44-26-22-40(28-38(44)32-54)56-50-18-10-8-16-46(50)48-24-20-36(30-52(48)56)42-14-6-4-12-34(42)2;1-7-5-3-2-4-6-7/h3-30H,1-2H3;2-6H,1H3. The minimum Gasteiger partial charge on any atom is -0.309 e. The first-order valence-electron chi connectivity index (χ1n) is 21.2. The van der Waals surface area contributed by atoms with Crippen molar-refractivity contribution in [3.8, 4) is 56.9 Å². The summed E-state index contributed by atoms with van der Waals surface area (Å²) < 4.78 is 4.50. The lowest BCUT2D eigenvalue weighted by Crippen LogP contribution is -1.99. The van der Waals surface area contributed by atoms with E-state index < -0.39 is 0 Å². The number of rotatable bonds is 5. The highest BCUT2D eigenvalue weighted by Gasteiger charge is 2.19. The minimum atomic E-state index is 0.507. The summed E-state index contributed by atoms with van der Waals surface area (Å²) in [6.45, 7) is 6.36. The van der Waals surface area contributed by atoms with Crippen molar-refractivity contribution in [2.75, 3.05) is 0 Å². The lowest BCUT2D eigenvalue weighted by atomic mass is 9.95. The average Bonchev–Trinajstić information content (AvgIpc) is 3.84. The molecule has 11 aromatic rings. The molecule has 0 saturated heterocycles. The molecule has 0 bridgehead atoms. The van der Waals surface area contributed by atoms with Crippen LogP contribution in [-0.4, -0.2) is 9.13 Å². The average molecular weight is 807 g/mol. The molecule has 0 radical (unpaired) electrons. The molecule has 0 N–H and O–H groups in total. The van der Waals surface area contributed by atoms with Gasteiger partial charge in [0.1, 0.15) is 0 Å². The third-order valence-electron chi connectivity index (χ3n) is 12.3. The van der Waals surface area contributed by atoms with Gasteiger partial charge in [-0.2, -0.15) is 10.5 Å². The molecule has 0 amide bonds. The molecule has 4 heteroatoms. The van der Waals surface area contributed by atoms with E-state index in [1.807, 2.05) is 42.5 Å². The van der Waals surface area contributed by atoms with Gasteiger partial charge in [-0.25, -0.2) is 0 Å². The van der Waals surface area contributed by atoms with Gasteiger partial charge < -0.3 is 9.13 Å². The summed E-state index contributed by atoms with van der Waals surface area (Å²) in [5.41, 5.74) is 17.0. The van der Waals surface area contributed by atoms with Gasteiger partial charge in [0, 0.05) is 44.0 Å². The van der Waals surface area contributed by atoms with Crippen LogP contribution < -0.4 is 0 Å². The Morgan fingerprint density at radius 2 is 0.730 bits per heavy atom. The number of nitrogens with zero attached hydrogens (tertiary/aromatic N) is 4. The number of benzene rings is 9. The van der Waals surface area contributed by atoms with Gasteiger partial charge in [0.25, 0.3) is 0 Å². The van der Waals surface area contributed by atoms with E-state index in [0.29, 0.717) is 11.1 Å².